The van der Waals surface area contributed by atoms with Crippen LogP contribution in [-0.4, -0.2) is 21.5 Å². The number of nitrogens with one attached hydrogen (secondary N) is 1. The van der Waals surface area contributed by atoms with Crippen molar-refractivity contribution in [1.29, 1.82) is 0 Å². The van der Waals surface area contributed by atoms with Gasteiger partial charge in [0.2, 0.25) is 0 Å². The average Bonchev–Trinajstić information content (AvgIpc) is 2.96. The van der Waals surface area contributed by atoms with Crippen molar-refractivity contribution in [3.05, 3.63) is 11.9 Å². The van der Waals surface area contributed by atoms with E-state index < -0.39 is 0 Å². The molecule has 2 aliphatic carbocycles. The predicted octanol–water partition coefficient (Wildman–Crippen LogP) is 2.29. The molecule has 2 saturated carbocycles. The van der Waals surface area contributed by atoms with Gasteiger partial charge in [-0.15, -0.1) is 5.10 Å². The lowest BCUT2D eigenvalue weighted by Gasteiger charge is -2.18. The minimum absolute atomic E-state index is 0.470. The molecule has 0 aromatic carbocycles. The Balaban J connectivity index is 1.76. The summed E-state index contributed by atoms with van der Waals surface area (Å²) >= 11 is 0. The minimum Gasteiger partial charge on any atom is -0.308 e. The summed E-state index contributed by atoms with van der Waals surface area (Å²) in [7, 11) is 2.01. The van der Waals surface area contributed by atoms with Crippen LogP contribution in [0.2, 0.25) is 0 Å². The number of aromatic nitrogens is 3. The maximum Gasteiger partial charge on any atom is 0.0756 e. The molecule has 3 unspecified atom stereocenters. The monoisotopic (exact) mass is 248 g/mol. The summed E-state index contributed by atoms with van der Waals surface area (Å²) in [6, 6.07) is 0.470. The molecule has 0 amide bonds. The van der Waals surface area contributed by atoms with Gasteiger partial charge in [0, 0.05) is 7.05 Å². The van der Waals surface area contributed by atoms with Crippen LogP contribution in [0.3, 0.4) is 0 Å². The van der Waals surface area contributed by atoms with Crippen LogP contribution in [0.25, 0.3) is 0 Å². The zero-order chi connectivity index (χ0) is 12.5. The smallest absolute Gasteiger partial charge is 0.0756 e. The molecule has 2 aliphatic rings. The van der Waals surface area contributed by atoms with Crippen molar-refractivity contribution in [2.75, 3.05) is 6.54 Å². The standard InChI is InChI=1S/C14H24N4/c1-3-8-15-14(12-9-16-17-18(12)2)13-10-6-4-5-7-11(10)13/h9-11,13-15H,3-8H2,1-2H3. The molecule has 2 fully saturated rings. The second-order valence-corrected chi connectivity index (χ2v) is 5.90. The highest BCUT2D eigenvalue weighted by Gasteiger charge is 2.54. The van der Waals surface area contributed by atoms with Gasteiger partial charge < -0.3 is 5.32 Å². The van der Waals surface area contributed by atoms with Crippen LogP contribution in [0.15, 0.2) is 6.20 Å². The largest absolute Gasteiger partial charge is 0.308 e. The van der Waals surface area contributed by atoms with Gasteiger partial charge in [0.25, 0.3) is 0 Å². The molecule has 3 atom stereocenters. The molecular formula is C14H24N4. The molecule has 0 bridgehead atoms. The summed E-state index contributed by atoms with van der Waals surface area (Å²) < 4.78 is 1.94. The highest BCUT2D eigenvalue weighted by molar-refractivity contribution is 5.14. The van der Waals surface area contributed by atoms with Crippen LogP contribution < -0.4 is 5.32 Å². The Labute approximate surface area is 109 Å². The van der Waals surface area contributed by atoms with E-state index >= 15 is 0 Å². The quantitative estimate of drug-likeness (QED) is 0.869. The van der Waals surface area contributed by atoms with Crippen LogP contribution >= 0.6 is 0 Å². The van der Waals surface area contributed by atoms with Crippen molar-refractivity contribution in [2.45, 2.75) is 45.1 Å². The number of nitrogens with zero attached hydrogens (tertiary/aromatic N) is 3. The van der Waals surface area contributed by atoms with Crippen LogP contribution in [0.5, 0.6) is 0 Å². The van der Waals surface area contributed by atoms with Gasteiger partial charge in [-0.1, -0.05) is 25.0 Å². The minimum atomic E-state index is 0.470. The second-order valence-electron chi connectivity index (χ2n) is 5.90. The van der Waals surface area contributed by atoms with Crippen molar-refractivity contribution < 1.29 is 0 Å². The van der Waals surface area contributed by atoms with E-state index in [0.717, 1.165) is 24.3 Å². The first-order valence-electron chi connectivity index (χ1n) is 7.41. The number of hydrogen-bond acceptors (Lipinski definition) is 3. The van der Waals surface area contributed by atoms with Gasteiger partial charge in [0.1, 0.15) is 0 Å². The third kappa shape index (κ3) is 2.07. The molecule has 1 aromatic rings. The lowest BCUT2D eigenvalue weighted by Crippen LogP contribution is -2.27. The first kappa shape index (κ1) is 12.2. The third-order valence-electron chi connectivity index (χ3n) is 4.79. The Morgan fingerprint density at radius 1 is 1.39 bits per heavy atom. The number of fused-ring (bicyclic) bond motifs is 1. The maximum absolute atomic E-state index is 4.10. The van der Waals surface area contributed by atoms with E-state index in [2.05, 4.69) is 22.6 Å². The zero-order valence-corrected chi connectivity index (χ0v) is 11.5. The van der Waals surface area contributed by atoms with Crippen LogP contribution in [-0.2, 0) is 7.05 Å². The molecule has 1 aromatic heterocycles. The number of aryl methyl sites for hydroxylation is 1. The molecular weight excluding hydrogens is 224 g/mol. The summed E-state index contributed by atoms with van der Waals surface area (Å²) in [5.74, 6) is 2.75. The van der Waals surface area contributed by atoms with Crippen molar-refractivity contribution in [3.63, 3.8) is 0 Å². The molecule has 3 rings (SSSR count). The Kier molecular flexibility index (Phi) is 3.37. The molecule has 18 heavy (non-hydrogen) atoms. The fourth-order valence-corrected chi connectivity index (χ4v) is 3.86. The number of hydrogen-bond donors (Lipinski definition) is 1. The third-order valence-corrected chi connectivity index (χ3v) is 4.79. The molecule has 0 saturated heterocycles. The van der Waals surface area contributed by atoms with Gasteiger partial charge in [-0.3, -0.25) is 4.68 Å². The molecule has 1 heterocycles. The molecule has 4 nitrogen and oxygen atoms in total. The number of rotatable bonds is 5. The zero-order valence-electron chi connectivity index (χ0n) is 11.5. The summed E-state index contributed by atoms with van der Waals surface area (Å²) in [6.45, 7) is 3.32. The average molecular weight is 248 g/mol. The van der Waals surface area contributed by atoms with E-state index in [1.54, 1.807) is 0 Å². The van der Waals surface area contributed by atoms with Gasteiger partial charge in [-0.05, 0) is 43.6 Å². The van der Waals surface area contributed by atoms with Gasteiger partial charge in [-0.25, -0.2) is 0 Å². The lowest BCUT2D eigenvalue weighted by molar-refractivity contribution is 0.420. The normalized spacial score (nSPS) is 32.0. The summed E-state index contributed by atoms with van der Waals surface area (Å²) in [5, 5.41) is 11.9. The van der Waals surface area contributed by atoms with Crippen molar-refractivity contribution in [1.82, 2.24) is 20.3 Å². The van der Waals surface area contributed by atoms with E-state index in [1.165, 1.54) is 37.8 Å². The van der Waals surface area contributed by atoms with E-state index in [9.17, 15) is 0 Å². The highest BCUT2D eigenvalue weighted by Crippen LogP contribution is 2.60. The summed E-state index contributed by atoms with van der Waals surface area (Å²) in [4.78, 5) is 0. The lowest BCUT2D eigenvalue weighted by atomic mass is 10.0. The Hall–Kier alpha value is -0.900. The van der Waals surface area contributed by atoms with E-state index in [0.29, 0.717) is 6.04 Å². The predicted molar refractivity (Wildman–Crippen MR) is 71.0 cm³/mol. The Morgan fingerprint density at radius 2 is 2.11 bits per heavy atom. The fraction of sp³-hybridized carbons (Fsp3) is 0.857. The fourth-order valence-electron chi connectivity index (χ4n) is 3.86. The highest BCUT2D eigenvalue weighted by atomic mass is 15.4. The Bertz CT molecular complexity index is 388. The summed E-state index contributed by atoms with van der Waals surface area (Å²) in [5.41, 5.74) is 1.27. The van der Waals surface area contributed by atoms with Crippen molar-refractivity contribution >= 4 is 0 Å². The topological polar surface area (TPSA) is 42.7 Å². The summed E-state index contributed by atoms with van der Waals surface area (Å²) in [6.07, 6.45) is 8.86. The van der Waals surface area contributed by atoms with Crippen LogP contribution in [0.1, 0.15) is 50.8 Å². The molecule has 0 aliphatic heterocycles. The van der Waals surface area contributed by atoms with E-state index in [4.69, 9.17) is 0 Å². The molecule has 4 heteroatoms. The van der Waals surface area contributed by atoms with Crippen LogP contribution in [0.4, 0.5) is 0 Å². The van der Waals surface area contributed by atoms with Gasteiger partial charge >= 0.3 is 0 Å². The molecule has 1 N–H and O–H groups in total. The van der Waals surface area contributed by atoms with Crippen molar-refractivity contribution in [2.24, 2.45) is 24.8 Å². The molecule has 100 valence electrons. The van der Waals surface area contributed by atoms with Gasteiger partial charge in [-0.2, -0.15) is 0 Å². The first-order valence-corrected chi connectivity index (χ1v) is 7.41. The Morgan fingerprint density at radius 3 is 2.67 bits per heavy atom. The van der Waals surface area contributed by atoms with Crippen molar-refractivity contribution in [3.8, 4) is 0 Å². The van der Waals surface area contributed by atoms with Gasteiger partial charge in [0.15, 0.2) is 0 Å². The molecule has 0 radical (unpaired) electrons. The second kappa shape index (κ2) is 5.00. The molecule has 0 spiro atoms. The van der Waals surface area contributed by atoms with Gasteiger partial charge in [0.05, 0.1) is 17.9 Å². The maximum atomic E-state index is 4.10. The first-order chi connectivity index (χ1) is 8.83. The SMILES string of the molecule is CCCNC(c1cnnn1C)C1C2CCCCC21. The van der Waals surface area contributed by atoms with E-state index in [1.807, 2.05) is 17.9 Å². The van der Waals surface area contributed by atoms with Crippen LogP contribution in [0, 0.1) is 17.8 Å². The van der Waals surface area contributed by atoms with E-state index in [-0.39, 0.29) is 0 Å².